The molecule has 0 fully saturated rings. The van der Waals surface area contributed by atoms with Gasteiger partial charge in [-0.05, 0) is 48.4 Å². The van der Waals surface area contributed by atoms with E-state index in [1.165, 1.54) is 24.3 Å². The lowest BCUT2D eigenvalue weighted by Crippen LogP contribution is -2.30. The summed E-state index contributed by atoms with van der Waals surface area (Å²) in [5, 5.41) is 16.2. The molecule has 3 rings (SSSR count). The molecule has 0 aliphatic rings. The van der Waals surface area contributed by atoms with Crippen molar-refractivity contribution in [1.29, 1.82) is 0 Å². The van der Waals surface area contributed by atoms with Gasteiger partial charge in [-0.3, -0.25) is 19.7 Å². The molecule has 0 spiro atoms. The number of hydrogen-bond donors (Lipinski definition) is 2. The SMILES string of the molecule is Cc1cccc(NC(=O)/C(=C\c2ccccc2)NC(=O)c2ccc([N+](=O)[O-])cc2)c1. The van der Waals surface area contributed by atoms with E-state index in [1.54, 1.807) is 24.3 Å². The second-order valence-corrected chi connectivity index (χ2v) is 6.55. The molecule has 150 valence electrons. The van der Waals surface area contributed by atoms with E-state index in [4.69, 9.17) is 0 Å². The second kappa shape index (κ2) is 9.29. The van der Waals surface area contributed by atoms with Gasteiger partial charge in [0.2, 0.25) is 0 Å². The Balaban J connectivity index is 1.85. The molecule has 0 aliphatic heterocycles. The van der Waals surface area contributed by atoms with Crippen molar-refractivity contribution >= 4 is 29.3 Å². The highest BCUT2D eigenvalue weighted by Gasteiger charge is 2.16. The van der Waals surface area contributed by atoms with E-state index in [-0.39, 0.29) is 16.9 Å². The molecule has 0 bridgehead atoms. The minimum Gasteiger partial charge on any atom is -0.321 e. The summed E-state index contributed by atoms with van der Waals surface area (Å²) in [7, 11) is 0. The average Bonchev–Trinajstić information content (AvgIpc) is 2.74. The smallest absolute Gasteiger partial charge is 0.272 e. The topological polar surface area (TPSA) is 101 Å². The Labute approximate surface area is 173 Å². The summed E-state index contributed by atoms with van der Waals surface area (Å²) >= 11 is 0. The fourth-order valence-electron chi connectivity index (χ4n) is 2.72. The number of rotatable bonds is 6. The van der Waals surface area contributed by atoms with Crippen LogP contribution in [0.4, 0.5) is 11.4 Å². The number of nitrogens with zero attached hydrogens (tertiary/aromatic N) is 1. The molecule has 0 saturated heterocycles. The average molecular weight is 401 g/mol. The molecule has 0 aromatic heterocycles. The number of hydrogen-bond acceptors (Lipinski definition) is 4. The van der Waals surface area contributed by atoms with Crippen LogP contribution in [0.1, 0.15) is 21.5 Å². The van der Waals surface area contributed by atoms with Crippen LogP contribution in [0.25, 0.3) is 6.08 Å². The first-order valence-electron chi connectivity index (χ1n) is 9.13. The molecule has 7 nitrogen and oxygen atoms in total. The van der Waals surface area contributed by atoms with E-state index in [1.807, 2.05) is 43.3 Å². The highest BCUT2D eigenvalue weighted by molar-refractivity contribution is 6.10. The number of benzene rings is 3. The number of carbonyl (C=O) groups is 2. The molecule has 7 heteroatoms. The van der Waals surface area contributed by atoms with Gasteiger partial charge in [-0.25, -0.2) is 0 Å². The maximum atomic E-state index is 12.9. The Bertz CT molecular complexity index is 1110. The van der Waals surface area contributed by atoms with Crippen LogP contribution < -0.4 is 10.6 Å². The van der Waals surface area contributed by atoms with E-state index in [0.717, 1.165) is 11.1 Å². The van der Waals surface area contributed by atoms with Gasteiger partial charge in [0, 0.05) is 23.4 Å². The third-order valence-electron chi connectivity index (χ3n) is 4.22. The molecule has 0 atom stereocenters. The zero-order valence-corrected chi connectivity index (χ0v) is 16.2. The molecule has 0 heterocycles. The van der Waals surface area contributed by atoms with Crippen molar-refractivity contribution in [3.05, 3.63) is 111 Å². The quantitative estimate of drug-likeness (QED) is 0.365. The zero-order valence-electron chi connectivity index (χ0n) is 16.2. The summed E-state index contributed by atoms with van der Waals surface area (Å²) < 4.78 is 0. The van der Waals surface area contributed by atoms with Crippen LogP contribution in [0.3, 0.4) is 0 Å². The second-order valence-electron chi connectivity index (χ2n) is 6.55. The zero-order chi connectivity index (χ0) is 21.5. The highest BCUT2D eigenvalue weighted by Crippen LogP contribution is 2.15. The molecule has 0 unspecified atom stereocenters. The fraction of sp³-hybridized carbons (Fsp3) is 0.0435. The van der Waals surface area contributed by atoms with Gasteiger partial charge >= 0.3 is 0 Å². The van der Waals surface area contributed by atoms with Gasteiger partial charge in [0.25, 0.3) is 17.5 Å². The third-order valence-corrected chi connectivity index (χ3v) is 4.22. The summed E-state index contributed by atoms with van der Waals surface area (Å²) in [6.07, 6.45) is 1.56. The van der Waals surface area contributed by atoms with Crippen molar-refractivity contribution in [2.45, 2.75) is 6.92 Å². The standard InChI is InChI=1S/C23H19N3O4/c1-16-6-5-9-19(14-16)24-23(28)21(15-17-7-3-2-4-8-17)25-22(27)18-10-12-20(13-11-18)26(29)30/h2-15H,1H3,(H,24,28)(H,25,27)/b21-15+. The summed E-state index contributed by atoms with van der Waals surface area (Å²) in [5.41, 5.74) is 2.44. The minimum atomic E-state index is -0.550. The largest absolute Gasteiger partial charge is 0.321 e. The number of non-ortho nitro benzene ring substituents is 1. The van der Waals surface area contributed by atoms with Gasteiger partial charge in [0.1, 0.15) is 5.70 Å². The van der Waals surface area contributed by atoms with E-state index in [0.29, 0.717) is 5.69 Å². The normalized spacial score (nSPS) is 10.9. The Kier molecular flexibility index (Phi) is 6.34. The third kappa shape index (κ3) is 5.39. The summed E-state index contributed by atoms with van der Waals surface area (Å²) in [5.74, 6) is -1.04. The molecule has 0 radical (unpaired) electrons. The highest BCUT2D eigenvalue weighted by atomic mass is 16.6. The predicted octanol–water partition coefficient (Wildman–Crippen LogP) is 4.31. The molecule has 30 heavy (non-hydrogen) atoms. The van der Waals surface area contributed by atoms with Crippen LogP contribution in [-0.2, 0) is 4.79 Å². The van der Waals surface area contributed by atoms with Crippen LogP contribution in [-0.4, -0.2) is 16.7 Å². The fourth-order valence-corrected chi connectivity index (χ4v) is 2.72. The number of aryl methyl sites for hydroxylation is 1. The van der Waals surface area contributed by atoms with Crippen LogP contribution >= 0.6 is 0 Å². The van der Waals surface area contributed by atoms with Gasteiger partial charge in [-0.15, -0.1) is 0 Å². The Morgan fingerprint density at radius 3 is 2.27 bits per heavy atom. The summed E-state index contributed by atoms with van der Waals surface area (Å²) in [4.78, 5) is 35.7. The van der Waals surface area contributed by atoms with E-state index in [2.05, 4.69) is 10.6 Å². The lowest BCUT2D eigenvalue weighted by molar-refractivity contribution is -0.384. The number of nitro groups is 1. The molecule has 3 aromatic carbocycles. The van der Waals surface area contributed by atoms with Crippen molar-refractivity contribution < 1.29 is 14.5 Å². The molecule has 0 saturated carbocycles. The monoisotopic (exact) mass is 401 g/mol. The molecule has 2 N–H and O–H groups in total. The van der Waals surface area contributed by atoms with Crippen molar-refractivity contribution in [3.63, 3.8) is 0 Å². The van der Waals surface area contributed by atoms with Crippen molar-refractivity contribution in [2.24, 2.45) is 0 Å². The Morgan fingerprint density at radius 2 is 1.63 bits per heavy atom. The van der Waals surface area contributed by atoms with Crippen LogP contribution in [0.2, 0.25) is 0 Å². The van der Waals surface area contributed by atoms with Gasteiger partial charge in [-0.2, -0.15) is 0 Å². The number of carbonyl (C=O) groups excluding carboxylic acids is 2. The van der Waals surface area contributed by atoms with Crippen LogP contribution in [0.15, 0.2) is 84.6 Å². The Morgan fingerprint density at radius 1 is 0.933 bits per heavy atom. The van der Waals surface area contributed by atoms with Crippen LogP contribution in [0, 0.1) is 17.0 Å². The summed E-state index contributed by atoms with van der Waals surface area (Å²) in [6, 6.07) is 21.5. The maximum absolute atomic E-state index is 12.9. The first kappa shape index (κ1) is 20.5. The van der Waals surface area contributed by atoms with Gasteiger partial charge in [-0.1, -0.05) is 42.5 Å². The van der Waals surface area contributed by atoms with Crippen LogP contribution in [0.5, 0.6) is 0 Å². The summed E-state index contributed by atoms with van der Waals surface area (Å²) in [6.45, 7) is 1.91. The molecule has 3 aromatic rings. The molecule has 2 amide bonds. The predicted molar refractivity (Wildman–Crippen MR) is 115 cm³/mol. The number of anilines is 1. The maximum Gasteiger partial charge on any atom is 0.272 e. The van der Waals surface area contributed by atoms with Gasteiger partial charge in [0.05, 0.1) is 4.92 Å². The lowest BCUT2D eigenvalue weighted by Gasteiger charge is -2.12. The minimum absolute atomic E-state index is 0.0473. The van der Waals surface area contributed by atoms with Crippen molar-refractivity contribution in [2.75, 3.05) is 5.32 Å². The van der Waals surface area contributed by atoms with E-state index in [9.17, 15) is 19.7 Å². The van der Waals surface area contributed by atoms with Gasteiger partial charge < -0.3 is 10.6 Å². The van der Waals surface area contributed by atoms with Gasteiger partial charge in [0.15, 0.2) is 0 Å². The number of nitrogens with one attached hydrogen (secondary N) is 2. The first-order chi connectivity index (χ1) is 14.4. The van der Waals surface area contributed by atoms with Crippen molar-refractivity contribution in [3.8, 4) is 0 Å². The molecular weight excluding hydrogens is 382 g/mol. The molecular formula is C23H19N3O4. The van der Waals surface area contributed by atoms with Crippen molar-refractivity contribution in [1.82, 2.24) is 5.32 Å². The van der Waals surface area contributed by atoms with E-state index < -0.39 is 16.7 Å². The van der Waals surface area contributed by atoms with E-state index >= 15 is 0 Å². The first-order valence-corrected chi connectivity index (χ1v) is 9.13. The number of nitro benzene ring substituents is 1. The Hall–Kier alpha value is -4.26. The molecule has 0 aliphatic carbocycles. The number of amides is 2. The lowest BCUT2D eigenvalue weighted by atomic mass is 10.1.